The molecule has 1 aromatic heterocycles. The van der Waals surface area contributed by atoms with Crippen LogP contribution in [0.15, 0.2) is 210 Å². The van der Waals surface area contributed by atoms with Gasteiger partial charge >= 0.3 is 0 Å². The highest BCUT2D eigenvalue weighted by Crippen LogP contribution is 2.56. The van der Waals surface area contributed by atoms with Gasteiger partial charge in [-0.3, -0.25) is 4.74 Å². The number of hydrogen-bond donors (Lipinski definition) is 0. The van der Waals surface area contributed by atoms with Crippen LogP contribution in [-0.2, 0) is 7.05 Å². The Morgan fingerprint density at radius 1 is 0.447 bits per heavy atom. The van der Waals surface area contributed by atoms with E-state index in [0.29, 0.717) is 0 Å². The van der Waals surface area contributed by atoms with Gasteiger partial charge in [0.05, 0.1) is 12.7 Å². The molecular formula is C42H36N3P2+. The lowest BCUT2D eigenvalue weighted by Crippen LogP contribution is -2.32. The molecule has 0 unspecified atom stereocenters. The monoisotopic (exact) mass is 644 g/mol. The normalized spacial score (nSPS) is 12.1. The summed E-state index contributed by atoms with van der Waals surface area (Å²) in [4.78, 5) is 0. The van der Waals surface area contributed by atoms with Crippen LogP contribution in [0.2, 0.25) is 0 Å². The number of aromatic nitrogens is 1. The minimum atomic E-state index is -2.48. The van der Waals surface area contributed by atoms with Crippen LogP contribution in [0.5, 0.6) is 0 Å². The zero-order chi connectivity index (χ0) is 31.9. The Labute approximate surface area is 278 Å². The Hall–Kier alpha value is -5.07. The van der Waals surface area contributed by atoms with Gasteiger partial charge in [-0.05, 0) is 42.5 Å². The number of nitrogens with zero attached hydrogens (tertiary/aromatic N) is 3. The van der Waals surface area contributed by atoms with Crippen molar-refractivity contribution >= 4 is 52.0 Å². The van der Waals surface area contributed by atoms with E-state index in [4.69, 9.17) is 9.51 Å². The van der Waals surface area contributed by atoms with E-state index in [1.807, 2.05) is 0 Å². The van der Waals surface area contributed by atoms with Crippen LogP contribution in [0.25, 0.3) is 0 Å². The van der Waals surface area contributed by atoms with Gasteiger partial charge in [-0.15, -0.1) is 0 Å². The van der Waals surface area contributed by atoms with Crippen LogP contribution >= 0.6 is 14.5 Å². The molecule has 3 nitrogen and oxygen atoms in total. The van der Waals surface area contributed by atoms with Gasteiger partial charge in [-0.25, -0.2) is 0 Å². The first-order chi connectivity index (χ1) is 23.2. The molecule has 1 heterocycles. The molecule has 0 aliphatic rings. The Balaban J connectivity index is 1.56. The van der Waals surface area contributed by atoms with Crippen LogP contribution in [0, 0.1) is 0 Å². The van der Waals surface area contributed by atoms with Gasteiger partial charge in [0.15, 0.2) is 5.49 Å². The van der Waals surface area contributed by atoms with Gasteiger partial charge in [0.2, 0.25) is 7.41 Å². The molecule has 0 bridgehead atoms. The fourth-order valence-corrected chi connectivity index (χ4v) is 13.2. The molecule has 7 aromatic rings. The van der Waals surface area contributed by atoms with Gasteiger partial charge in [0.1, 0.15) is 15.9 Å². The molecule has 0 N–H and O–H groups in total. The van der Waals surface area contributed by atoms with Gasteiger partial charge in [-0.2, -0.15) is 0 Å². The molecule has 0 aliphatic carbocycles. The fourth-order valence-electron chi connectivity index (χ4n) is 6.14. The summed E-state index contributed by atoms with van der Waals surface area (Å²) in [5, 5.41) is 7.26. The second kappa shape index (κ2) is 13.7. The summed E-state index contributed by atoms with van der Waals surface area (Å²) in [5.41, 5.74) is 1.78. The van der Waals surface area contributed by atoms with E-state index in [0.717, 1.165) is 11.2 Å². The standard InChI is InChI=1S/C42H36N3P2/c1-45-33-32-35(43-46(36-20-8-2-9-21-36,37-22-10-3-11-23-37)38-24-12-4-13-25-38)34-42(45)44-47(39-26-14-5-15-27-39,40-28-16-6-17-29-40)41-30-18-7-19-31-41/h2-34H,1H3/q+1. The van der Waals surface area contributed by atoms with E-state index in [2.05, 4.69) is 212 Å². The lowest BCUT2D eigenvalue weighted by molar-refractivity contribution is 0.842. The number of rotatable bonds is 8. The maximum Gasteiger partial charge on any atom is 0.232 e. The van der Waals surface area contributed by atoms with Crippen LogP contribution in [0.1, 0.15) is 0 Å². The summed E-state index contributed by atoms with van der Waals surface area (Å²) >= 11 is 0. The quantitative estimate of drug-likeness (QED) is 0.152. The van der Waals surface area contributed by atoms with Gasteiger partial charge < -0.3 is 4.57 Å². The summed E-state index contributed by atoms with van der Waals surface area (Å²) < 4.78 is 13.8. The molecule has 0 radical (unpaired) electrons. The topological polar surface area (TPSA) is 29.6 Å². The highest BCUT2D eigenvalue weighted by atomic mass is 31.2. The van der Waals surface area contributed by atoms with E-state index in [9.17, 15) is 0 Å². The SMILES string of the molecule is Cn1ccc(N=P(c2ccccc2)(c2ccccc2)c2ccccc2)cc1=N[P+](c1ccccc1)(c1ccccc1)c1ccccc1. The van der Waals surface area contributed by atoms with Gasteiger partial charge in [0, 0.05) is 35.2 Å². The second-order valence-corrected chi connectivity index (χ2v) is 17.4. The molecule has 0 saturated carbocycles. The molecule has 0 saturated heterocycles. The van der Waals surface area contributed by atoms with E-state index >= 15 is 0 Å². The van der Waals surface area contributed by atoms with E-state index in [1.165, 1.54) is 31.8 Å². The van der Waals surface area contributed by atoms with E-state index in [1.54, 1.807) is 0 Å². The van der Waals surface area contributed by atoms with Crippen LogP contribution in [0.3, 0.4) is 0 Å². The first-order valence-corrected chi connectivity index (χ1v) is 19.3. The number of pyridine rings is 1. The molecule has 0 spiro atoms. The van der Waals surface area contributed by atoms with Crippen molar-refractivity contribution < 1.29 is 0 Å². The molecule has 6 aromatic carbocycles. The summed E-state index contributed by atoms with van der Waals surface area (Å²) in [5.74, 6) is 0. The minimum absolute atomic E-state index is 0.878. The van der Waals surface area contributed by atoms with Crippen molar-refractivity contribution in [2.24, 2.45) is 16.6 Å². The molecule has 228 valence electrons. The van der Waals surface area contributed by atoms with Crippen molar-refractivity contribution in [3.8, 4) is 0 Å². The van der Waals surface area contributed by atoms with Crippen molar-refractivity contribution in [3.05, 3.63) is 206 Å². The molecule has 0 fully saturated rings. The van der Waals surface area contributed by atoms with E-state index in [-0.39, 0.29) is 0 Å². The zero-order valence-electron chi connectivity index (χ0n) is 26.3. The summed E-state index contributed by atoms with van der Waals surface area (Å²) in [6.07, 6.45) is 2.10. The number of hydrogen-bond acceptors (Lipinski definition) is 2. The molecule has 5 heteroatoms. The lowest BCUT2D eigenvalue weighted by atomic mass is 10.4. The summed E-state index contributed by atoms with van der Waals surface area (Å²) in [6, 6.07) is 68.9. The van der Waals surface area contributed by atoms with Crippen molar-refractivity contribution in [1.82, 2.24) is 4.57 Å². The molecular weight excluding hydrogens is 608 g/mol. The predicted molar refractivity (Wildman–Crippen MR) is 203 cm³/mol. The lowest BCUT2D eigenvalue weighted by Gasteiger charge is -2.27. The highest BCUT2D eigenvalue weighted by Gasteiger charge is 2.46. The maximum atomic E-state index is 5.84. The predicted octanol–water partition coefficient (Wildman–Crippen LogP) is 7.64. The Bertz CT molecular complexity index is 1980. The van der Waals surface area contributed by atoms with Crippen LogP contribution in [-0.4, -0.2) is 4.57 Å². The first-order valence-electron chi connectivity index (χ1n) is 15.8. The van der Waals surface area contributed by atoms with Gasteiger partial charge in [0.25, 0.3) is 0 Å². The maximum absolute atomic E-state index is 5.84. The minimum Gasteiger partial charge on any atom is -0.333 e. The number of aryl methyl sites for hydroxylation is 1. The Morgan fingerprint density at radius 3 is 1.15 bits per heavy atom. The third-order valence-electron chi connectivity index (χ3n) is 8.40. The van der Waals surface area contributed by atoms with Crippen LogP contribution < -0.4 is 37.3 Å². The van der Waals surface area contributed by atoms with Crippen LogP contribution in [0.4, 0.5) is 5.69 Å². The average molecular weight is 645 g/mol. The fraction of sp³-hybridized carbons (Fsp3) is 0.0238. The first kappa shape index (κ1) is 30.6. The zero-order valence-corrected chi connectivity index (χ0v) is 28.1. The third kappa shape index (κ3) is 5.97. The van der Waals surface area contributed by atoms with Crippen molar-refractivity contribution in [2.45, 2.75) is 0 Å². The summed E-state index contributed by atoms with van der Waals surface area (Å²) in [6.45, 7) is 0. The summed E-state index contributed by atoms with van der Waals surface area (Å²) in [7, 11) is -2.85. The largest absolute Gasteiger partial charge is 0.333 e. The molecule has 0 amide bonds. The third-order valence-corrected chi connectivity index (χ3v) is 15.7. The highest BCUT2D eigenvalue weighted by molar-refractivity contribution is 7.94. The number of benzene rings is 6. The van der Waals surface area contributed by atoms with Gasteiger partial charge in [-0.1, -0.05) is 150 Å². The molecule has 0 atom stereocenters. The molecule has 0 aliphatic heterocycles. The molecule has 47 heavy (non-hydrogen) atoms. The smallest absolute Gasteiger partial charge is 0.232 e. The van der Waals surface area contributed by atoms with Crippen molar-refractivity contribution in [1.29, 1.82) is 0 Å². The van der Waals surface area contributed by atoms with E-state index < -0.39 is 14.5 Å². The van der Waals surface area contributed by atoms with Crippen molar-refractivity contribution in [3.63, 3.8) is 0 Å². The Morgan fingerprint density at radius 2 is 0.787 bits per heavy atom. The average Bonchev–Trinajstić information content (AvgIpc) is 3.16. The Kier molecular flexibility index (Phi) is 8.94. The molecule has 7 rings (SSSR count). The van der Waals surface area contributed by atoms with Crippen molar-refractivity contribution in [2.75, 3.05) is 0 Å². The second-order valence-electron chi connectivity index (χ2n) is 11.3.